The van der Waals surface area contributed by atoms with Gasteiger partial charge >= 0.3 is 6.09 Å². The van der Waals surface area contributed by atoms with Crippen LogP contribution in [0.15, 0.2) is 30.3 Å². The molecule has 1 aliphatic heterocycles. The molecule has 0 saturated carbocycles. The number of likely N-dealkylation sites (tertiary alicyclic amines) is 1. The number of nitrogens with zero attached hydrogens (tertiary/aromatic N) is 1. The van der Waals surface area contributed by atoms with Crippen molar-refractivity contribution in [3.05, 3.63) is 35.9 Å². The Kier molecular flexibility index (Phi) is 6.02. The first-order chi connectivity index (χ1) is 10.9. The molecule has 1 heterocycles. The molecule has 1 amide bonds. The Labute approximate surface area is 139 Å². The minimum absolute atomic E-state index is 0.0455. The van der Waals surface area contributed by atoms with Crippen molar-refractivity contribution in [1.29, 1.82) is 0 Å². The number of alkyl carbamates (subject to hydrolysis) is 1. The van der Waals surface area contributed by atoms with Crippen LogP contribution in [-0.4, -0.2) is 56.0 Å². The molecule has 5 nitrogen and oxygen atoms in total. The number of ether oxygens (including phenoxy) is 2. The molecule has 0 aromatic heterocycles. The van der Waals surface area contributed by atoms with E-state index in [2.05, 4.69) is 22.3 Å². The molecule has 1 aliphatic rings. The van der Waals surface area contributed by atoms with Crippen LogP contribution in [0.25, 0.3) is 0 Å². The lowest BCUT2D eigenvalue weighted by molar-refractivity contribution is 0.0501. The van der Waals surface area contributed by atoms with Gasteiger partial charge in [0.2, 0.25) is 0 Å². The zero-order valence-corrected chi connectivity index (χ0v) is 14.5. The van der Waals surface area contributed by atoms with Gasteiger partial charge in [0.15, 0.2) is 0 Å². The van der Waals surface area contributed by atoms with Crippen molar-refractivity contribution in [2.24, 2.45) is 0 Å². The van der Waals surface area contributed by atoms with Gasteiger partial charge in [0.25, 0.3) is 0 Å². The highest BCUT2D eigenvalue weighted by atomic mass is 16.6. The lowest BCUT2D eigenvalue weighted by Crippen LogP contribution is -2.42. The number of hydrogen-bond acceptors (Lipinski definition) is 4. The third-order valence-electron chi connectivity index (χ3n) is 3.94. The van der Waals surface area contributed by atoms with Crippen LogP contribution in [0, 0.1) is 0 Å². The van der Waals surface area contributed by atoms with E-state index >= 15 is 0 Å². The van der Waals surface area contributed by atoms with Gasteiger partial charge in [-0.2, -0.15) is 0 Å². The number of nitrogens with one attached hydrogen (secondary N) is 1. The quantitative estimate of drug-likeness (QED) is 0.906. The predicted molar refractivity (Wildman–Crippen MR) is 90.7 cm³/mol. The molecule has 1 aromatic carbocycles. The van der Waals surface area contributed by atoms with E-state index in [9.17, 15) is 4.79 Å². The topological polar surface area (TPSA) is 50.8 Å². The second-order valence-electron chi connectivity index (χ2n) is 7.02. The number of rotatable bonds is 5. The molecule has 128 valence electrons. The lowest BCUT2D eigenvalue weighted by atomic mass is 9.94. The molecule has 0 radical (unpaired) electrons. The number of hydrogen-bond donors (Lipinski definition) is 1. The van der Waals surface area contributed by atoms with Crippen molar-refractivity contribution >= 4 is 6.09 Å². The maximum atomic E-state index is 12.1. The van der Waals surface area contributed by atoms with Crippen LogP contribution < -0.4 is 5.32 Å². The van der Waals surface area contributed by atoms with Crippen molar-refractivity contribution in [3.63, 3.8) is 0 Å². The SMILES string of the molecule is COCCN1CC(NC(=O)OC(C)(C)C)C(c2ccccc2)C1. The van der Waals surface area contributed by atoms with E-state index in [1.54, 1.807) is 7.11 Å². The Hall–Kier alpha value is -1.59. The summed E-state index contributed by atoms with van der Waals surface area (Å²) in [6, 6.07) is 10.4. The zero-order chi connectivity index (χ0) is 16.9. The Morgan fingerprint density at radius 3 is 2.57 bits per heavy atom. The predicted octanol–water partition coefficient (Wildman–Crippen LogP) is 2.63. The van der Waals surface area contributed by atoms with E-state index in [1.165, 1.54) is 5.56 Å². The summed E-state index contributed by atoms with van der Waals surface area (Å²) in [5, 5.41) is 3.05. The molecule has 1 aromatic rings. The highest BCUT2D eigenvalue weighted by molar-refractivity contribution is 5.68. The van der Waals surface area contributed by atoms with E-state index in [-0.39, 0.29) is 18.1 Å². The van der Waals surface area contributed by atoms with E-state index in [1.807, 2.05) is 39.0 Å². The third kappa shape index (κ3) is 5.52. The van der Waals surface area contributed by atoms with Crippen LogP contribution in [-0.2, 0) is 9.47 Å². The monoisotopic (exact) mass is 320 g/mol. The summed E-state index contributed by atoms with van der Waals surface area (Å²) >= 11 is 0. The Morgan fingerprint density at radius 2 is 1.96 bits per heavy atom. The average Bonchev–Trinajstić information content (AvgIpc) is 2.86. The van der Waals surface area contributed by atoms with E-state index < -0.39 is 5.60 Å². The standard InChI is InChI=1S/C18H28N2O3/c1-18(2,3)23-17(21)19-16-13-20(10-11-22-4)12-15(16)14-8-6-5-7-9-14/h5-9,15-16H,10-13H2,1-4H3,(H,19,21). The number of amides is 1. The van der Waals surface area contributed by atoms with Gasteiger partial charge in [-0.3, -0.25) is 4.90 Å². The molecule has 5 heteroatoms. The second-order valence-corrected chi connectivity index (χ2v) is 7.02. The molecule has 1 N–H and O–H groups in total. The van der Waals surface area contributed by atoms with Crippen LogP contribution in [0.2, 0.25) is 0 Å². The van der Waals surface area contributed by atoms with Crippen molar-refractivity contribution < 1.29 is 14.3 Å². The third-order valence-corrected chi connectivity index (χ3v) is 3.94. The Balaban J connectivity index is 2.05. The summed E-state index contributed by atoms with van der Waals surface area (Å²) in [5.74, 6) is 0.264. The van der Waals surface area contributed by atoms with Crippen molar-refractivity contribution in [2.45, 2.75) is 38.3 Å². The molecule has 2 unspecified atom stereocenters. The molecule has 0 aliphatic carbocycles. The Bertz CT molecular complexity index is 499. The van der Waals surface area contributed by atoms with Crippen molar-refractivity contribution in [2.75, 3.05) is 33.4 Å². The van der Waals surface area contributed by atoms with Gasteiger partial charge in [-0.05, 0) is 26.3 Å². The Morgan fingerprint density at radius 1 is 1.26 bits per heavy atom. The summed E-state index contributed by atoms with van der Waals surface area (Å²) in [6.07, 6.45) is -0.350. The van der Waals surface area contributed by atoms with Crippen LogP contribution in [0.3, 0.4) is 0 Å². The molecule has 2 rings (SSSR count). The normalized spacial score (nSPS) is 22.1. The van der Waals surface area contributed by atoms with E-state index in [0.717, 1.165) is 19.6 Å². The maximum absolute atomic E-state index is 12.1. The van der Waals surface area contributed by atoms with Crippen LogP contribution >= 0.6 is 0 Å². The van der Waals surface area contributed by atoms with Gasteiger partial charge in [-0.1, -0.05) is 30.3 Å². The van der Waals surface area contributed by atoms with E-state index in [0.29, 0.717) is 6.61 Å². The van der Waals surface area contributed by atoms with Crippen LogP contribution in [0.4, 0.5) is 4.79 Å². The number of methoxy groups -OCH3 is 1. The first-order valence-electron chi connectivity index (χ1n) is 8.15. The fraction of sp³-hybridized carbons (Fsp3) is 0.611. The summed E-state index contributed by atoms with van der Waals surface area (Å²) in [5.41, 5.74) is 0.759. The van der Waals surface area contributed by atoms with Gasteiger partial charge in [-0.25, -0.2) is 4.79 Å². The van der Waals surface area contributed by atoms with Gasteiger partial charge in [0.1, 0.15) is 5.60 Å². The first-order valence-corrected chi connectivity index (χ1v) is 8.15. The van der Waals surface area contributed by atoms with E-state index in [4.69, 9.17) is 9.47 Å². The zero-order valence-electron chi connectivity index (χ0n) is 14.5. The van der Waals surface area contributed by atoms with Crippen molar-refractivity contribution in [3.8, 4) is 0 Å². The highest BCUT2D eigenvalue weighted by Crippen LogP contribution is 2.27. The summed E-state index contributed by atoms with van der Waals surface area (Å²) in [6.45, 7) is 8.91. The van der Waals surface area contributed by atoms with Crippen molar-refractivity contribution in [1.82, 2.24) is 10.2 Å². The van der Waals surface area contributed by atoms with Gasteiger partial charge in [0, 0.05) is 32.7 Å². The summed E-state index contributed by atoms with van der Waals surface area (Å²) in [7, 11) is 1.71. The summed E-state index contributed by atoms with van der Waals surface area (Å²) < 4.78 is 10.6. The molecule has 0 spiro atoms. The fourth-order valence-corrected chi connectivity index (χ4v) is 2.93. The molecule has 0 bridgehead atoms. The second kappa shape index (κ2) is 7.79. The average molecular weight is 320 g/mol. The van der Waals surface area contributed by atoms with Crippen LogP contribution in [0.5, 0.6) is 0 Å². The lowest BCUT2D eigenvalue weighted by Gasteiger charge is -2.24. The maximum Gasteiger partial charge on any atom is 0.407 e. The first kappa shape index (κ1) is 17.8. The number of carbonyl (C=O) groups excluding carboxylic acids is 1. The number of benzene rings is 1. The molecule has 1 saturated heterocycles. The molecule has 2 atom stereocenters. The molecular formula is C18H28N2O3. The van der Waals surface area contributed by atoms with Gasteiger partial charge < -0.3 is 14.8 Å². The van der Waals surface area contributed by atoms with Gasteiger partial charge in [-0.15, -0.1) is 0 Å². The minimum Gasteiger partial charge on any atom is -0.444 e. The molecule has 1 fully saturated rings. The number of carbonyl (C=O) groups is 1. The summed E-state index contributed by atoms with van der Waals surface area (Å²) in [4.78, 5) is 14.5. The molecule has 23 heavy (non-hydrogen) atoms. The fourth-order valence-electron chi connectivity index (χ4n) is 2.93. The molecular weight excluding hydrogens is 292 g/mol. The largest absolute Gasteiger partial charge is 0.444 e. The van der Waals surface area contributed by atoms with Gasteiger partial charge in [0.05, 0.1) is 12.6 Å². The highest BCUT2D eigenvalue weighted by Gasteiger charge is 2.35. The smallest absolute Gasteiger partial charge is 0.407 e. The minimum atomic E-state index is -0.485. The van der Waals surface area contributed by atoms with Crippen LogP contribution in [0.1, 0.15) is 32.3 Å².